The van der Waals surface area contributed by atoms with Gasteiger partial charge in [0.25, 0.3) is 0 Å². The third kappa shape index (κ3) is 2.71. The Bertz CT molecular complexity index is 129. The predicted molar refractivity (Wildman–Crippen MR) is 39.1 cm³/mol. The number of ketones is 1. The van der Waals surface area contributed by atoms with Crippen LogP contribution in [0.25, 0.3) is 0 Å². The summed E-state index contributed by atoms with van der Waals surface area (Å²) in [6.07, 6.45) is 0. The van der Waals surface area contributed by atoms with E-state index in [-0.39, 0.29) is 25.8 Å². The largest absolute Gasteiger partial charge is 0.290 e. The van der Waals surface area contributed by atoms with Gasteiger partial charge in [0, 0.05) is 5.92 Å². The van der Waals surface area contributed by atoms with Crippen molar-refractivity contribution in [2.45, 2.75) is 13.8 Å². The lowest BCUT2D eigenvalue weighted by molar-refractivity contribution is -0.133. The molecule has 0 bridgehead atoms. The highest BCUT2D eigenvalue weighted by Crippen LogP contribution is 2.08. The molecule has 0 aliphatic carbocycles. The first-order valence-corrected chi connectivity index (χ1v) is 4.35. The van der Waals surface area contributed by atoms with Crippen molar-refractivity contribution >= 4 is 19.9 Å². The van der Waals surface area contributed by atoms with Gasteiger partial charge >= 0.3 is 0 Å². The van der Waals surface area contributed by atoms with E-state index < -0.39 is 0 Å². The van der Waals surface area contributed by atoms with Crippen LogP contribution in [0.4, 0.5) is 0 Å². The van der Waals surface area contributed by atoms with Gasteiger partial charge in [-0.15, -0.1) is 0 Å². The molecule has 0 saturated carbocycles. The minimum Gasteiger partial charge on any atom is -0.290 e. The highest BCUT2D eigenvalue weighted by atomic mass is 31.1. The number of Topliss-reactive ketones (excluding diaryl/α,β-unsaturated/α-hetero) is 1. The second-order valence-electron chi connectivity index (χ2n) is 2.10. The van der Waals surface area contributed by atoms with Crippen LogP contribution in [0.1, 0.15) is 13.8 Å². The second-order valence-corrected chi connectivity index (χ2v) is 3.05. The molecule has 1 atom stereocenters. The van der Waals surface area contributed by atoms with Crippen molar-refractivity contribution < 1.29 is 9.59 Å². The molecule has 0 aliphatic heterocycles. The summed E-state index contributed by atoms with van der Waals surface area (Å²) >= 11 is 0. The number of hydrogen-bond donors (Lipinski definition) is 0. The van der Waals surface area contributed by atoms with Crippen LogP contribution in [0.5, 0.6) is 0 Å². The van der Waals surface area contributed by atoms with Gasteiger partial charge in [0.2, 0.25) is 11.3 Å². The first-order chi connectivity index (χ1) is 4.09. The third-order valence-electron chi connectivity index (χ3n) is 0.975. The zero-order chi connectivity index (χ0) is 7.44. The number of carbonyl (C=O) groups is 2. The summed E-state index contributed by atoms with van der Waals surface area (Å²) < 4.78 is 0. The molecule has 0 spiro atoms. The van der Waals surface area contributed by atoms with Crippen molar-refractivity contribution in [3.05, 3.63) is 0 Å². The van der Waals surface area contributed by atoms with Crippen LogP contribution in [0.3, 0.4) is 0 Å². The summed E-state index contributed by atoms with van der Waals surface area (Å²) in [7, 11) is 0.116. The summed E-state index contributed by atoms with van der Waals surface area (Å²) in [5.41, 5.74) is -0.231. The molecule has 0 aromatic rings. The number of rotatable bonds is 3. The quantitative estimate of drug-likeness (QED) is 0.440. The van der Waals surface area contributed by atoms with Crippen LogP contribution < -0.4 is 0 Å². The van der Waals surface area contributed by atoms with Crippen molar-refractivity contribution in [1.82, 2.24) is 0 Å². The molecule has 9 heavy (non-hydrogen) atoms. The Hall–Kier alpha value is -0.230. The minimum absolute atomic E-state index is 0.116. The van der Waals surface area contributed by atoms with Gasteiger partial charge in [-0.25, -0.2) is 0 Å². The monoisotopic (exact) mass is 146 g/mol. The Morgan fingerprint density at radius 2 is 1.78 bits per heavy atom. The van der Waals surface area contributed by atoms with Gasteiger partial charge in [-0.2, -0.15) is 0 Å². The average molecular weight is 146 g/mol. The van der Waals surface area contributed by atoms with Gasteiger partial charge in [0.15, 0.2) is 0 Å². The van der Waals surface area contributed by atoms with Crippen LogP contribution in [0.15, 0.2) is 0 Å². The fourth-order valence-corrected chi connectivity index (χ4v) is 0.920. The maximum Gasteiger partial charge on any atom is 0.216 e. The molecule has 3 heteroatoms. The Morgan fingerprint density at radius 3 is 1.89 bits per heavy atom. The van der Waals surface area contributed by atoms with E-state index in [4.69, 9.17) is 0 Å². The molecule has 0 aromatic heterocycles. The zero-order valence-corrected chi connectivity index (χ0v) is 6.89. The lowest BCUT2D eigenvalue weighted by atomic mass is 10.1. The lowest BCUT2D eigenvalue weighted by Gasteiger charge is -1.98. The fraction of sp³-hybridized carbons (Fsp3) is 0.667. The SMILES string of the molecule is CPC(=O)C(=O)C(C)C. The summed E-state index contributed by atoms with van der Waals surface area (Å²) in [6.45, 7) is 5.20. The summed E-state index contributed by atoms with van der Waals surface area (Å²) in [4.78, 5) is 21.3. The Morgan fingerprint density at radius 1 is 1.33 bits per heavy atom. The normalized spacial score (nSPS) is 11.1. The lowest BCUT2D eigenvalue weighted by Crippen LogP contribution is -2.14. The van der Waals surface area contributed by atoms with E-state index in [9.17, 15) is 9.59 Å². The second kappa shape index (κ2) is 3.73. The first kappa shape index (κ1) is 8.77. The zero-order valence-electron chi connectivity index (χ0n) is 5.89. The number of hydrogen-bond acceptors (Lipinski definition) is 2. The van der Waals surface area contributed by atoms with E-state index in [1.807, 2.05) is 0 Å². The fourth-order valence-electron chi connectivity index (χ4n) is 0.385. The molecule has 0 fully saturated rings. The van der Waals surface area contributed by atoms with Crippen LogP contribution in [0, 0.1) is 5.92 Å². The van der Waals surface area contributed by atoms with Gasteiger partial charge in [-0.3, -0.25) is 9.59 Å². The molecular formula is C6H11O2P. The number of carbonyl (C=O) groups excluding carboxylic acids is 2. The van der Waals surface area contributed by atoms with Crippen molar-refractivity contribution in [2.75, 3.05) is 6.66 Å². The van der Waals surface area contributed by atoms with Gasteiger partial charge in [0.05, 0.1) is 0 Å². The summed E-state index contributed by atoms with van der Waals surface area (Å²) in [6, 6.07) is 0. The van der Waals surface area contributed by atoms with Crippen LogP contribution in [0.2, 0.25) is 0 Å². The maximum atomic E-state index is 10.7. The van der Waals surface area contributed by atoms with Crippen LogP contribution >= 0.6 is 8.58 Å². The van der Waals surface area contributed by atoms with Crippen molar-refractivity contribution in [1.29, 1.82) is 0 Å². The Balaban J connectivity index is 3.89. The van der Waals surface area contributed by atoms with Crippen molar-refractivity contribution in [2.24, 2.45) is 5.92 Å². The van der Waals surface area contributed by atoms with Crippen LogP contribution in [-0.2, 0) is 9.59 Å². The summed E-state index contributed by atoms with van der Waals surface area (Å²) in [5.74, 6) is -0.374. The molecule has 2 nitrogen and oxygen atoms in total. The maximum absolute atomic E-state index is 10.7. The first-order valence-electron chi connectivity index (χ1n) is 2.85. The van der Waals surface area contributed by atoms with E-state index in [0.717, 1.165) is 0 Å². The van der Waals surface area contributed by atoms with E-state index in [1.165, 1.54) is 0 Å². The standard InChI is InChI=1S/C6H11O2P/c1-4(2)5(7)6(8)9-3/h4,9H,1-3H3. The van der Waals surface area contributed by atoms with Gasteiger partial charge in [-0.1, -0.05) is 13.8 Å². The molecule has 52 valence electrons. The molecule has 0 radical (unpaired) electrons. The molecule has 0 amide bonds. The van der Waals surface area contributed by atoms with Gasteiger partial charge < -0.3 is 0 Å². The third-order valence-corrected chi connectivity index (χ3v) is 1.68. The van der Waals surface area contributed by atoms with Gasteiger partial charge in [-0.05, 0) is 15.2 Å². The average Bonchev–Trinajstić information content (AvgIpc) is 1.84. The molecule has 0 saturated heterocycles. The molecule has 0 N–H and O–H groups in total. The molecule has 0 aliphatic rings. The van der Waals surface area contributed by atoms with Crippen molar-refractivity contribution in [3.8, 4) is 0 Å². The van der Waals surface area contributed by atoms with E-state index >= 15 is 0 Å². The van der Waals surface area contributed by atoms with E-state index in [0.29, 0.717) is 0 Å². The Kier molecular flexibility index (Phi) is 3.64. The Labute approximate surface area is 56.8 Å². The van der Waals surface area contributed by atoms with E-state index in [1.54, 1.807) is 20.5 Å². The highest BCUT2D eigenvalue weighted by molar-refractivity contribution is 7.60. The smallest absolute Gasteiger partial charge is 0.216 e. The molecule has 0 aromatic carbocycles. The molecule has 0 rings (SSSR count). The topological polar surface area (TPSA) is 34.1 Å². The predicted octanol–water partition coefficient (Wildman–Crippen LogP) is 1.05. The molecular weight excluding hydrogens is 135 g/mol. The summed E-state index contributed by atoms with van der Waals surface area (Å²) in [5, 5.41) is 0. The minimum atomic E-state index is -0.240. The molecule has 0 heterocycles. The van der Waals surface area contributed by atoms with Crippen molar-refractivity contribution in [3.63, 3.8) is 0 Å². The van der Waals surface area contributed by atoms with Gasteiger partial charge in [0.1, 0.15) is 0 Å². The van der Waals surface area contributed by atoms with Crippen LogP contribution in [-0.4, -0.2) is 18.0 Å². The highest BCUT2D eigenvalue weighted by Gasteiger charge is 2.14. The van der Waals surface area contributed by atoms with E-state index in [2.05, 4.69) is 0 Å². The molecule has 1 unspecified atom stereocenters.